The van der Waals surface area contributed by atoms with Crippen LogP contribution in [0.2, 0.25) is 0 Å². The van der Waals surface area contributed by atoms with Crippen LogP contribution in [0.5, 0.6) is 11.5 Å². The maximum atomic E-state index is 12.0. The molecule has 0 aliphatic carbocycles. The number of hydrogen-bond acceptors (Lipinski definition) is 4. The summed E-state index contributed by atoms with van der Waals surface area (Å²) in [4.78, 5) is 23.0. The van der Waals surface area contributed by atoms with E-state index in [4.69, 9.17) is 4.74 Å². The van der Waals surface area contributed by atoms with Crippen molar-refractivity contribution in [2.75, 3.05) is 19.0 Å². The Labute approximate surface area is 110 Å². The molecular formula is C13H16N2O4. The van der Waals surface area contributed by atoms with Crippen LogP contribution in [0.3, 0.4) is 0 Å². The highest BCUT2D eigenvalue weighted by atomic mass is 16.5. The molecule has 2 amide bonds. The third-order valence-electron chi connectivity index (χ3n) is 3.08. The molecule has 1 aromatic carbocycles. The lowest BCUT2D eigenvalue weighted by molar-refractivity contribution is -0.126. The van der Waals surface area contributed by atoms with Crippen LogP contribution < -0.4 is 15.4 Å². The molecule has 2 rings (SSSR count). The fourth-order valence-electron chi connectivity index (χ4n) is 1.97. The summed E-state index contributed by atoms with van der Waals surface area (Å²) in [6.07, 6.45) is 0.908. The second-order valence-corrected chi connectivity index (χ2v) is 4.42. The van der Waals surface area contributed by atoms with Gasteiger partial charge in [0, 0.05) is 24.7 Å². The van der Waals surface area contributed by atoms with Crippen LogP contribution in [0.1, 0.15) is 12.8 Å². The molecule has 19 heavy (non-hydrogen) atoms. The summed E-state index contributed by atoms with van der Waals surface area (Å²) in [5.74, 6) is -0.0992. The fraction of sp³-hybridized carbons (Fsp3) is 0.385. The molecule has 6 heteroatoms. The minimum Gasteiger partial charge on any atom is -0.504 e. The van der Waals surface area contributed by atoms with Crippen molar-refractivity contribution in [1.82, 2.24) is 5.32 Å². The van der Waals surface area contributed by atoms with E-state index in [0.717, 1.165) is 0 Å². The lowest BCUT2D eigenvalue weighted by Crippen LogP contribution is -2.40. The zero-order valence-electron chi connectivity index (χ0n) is 10.6. The molecule has 1 unspecified atom stereocenters. The number of amides is 2. The van der Waals surface area contributed by atoms with Gasteiger partial charge in [-0.1, -0.05) is 0 Å². The van der Waals surface area contributed by atoms with Crippen molar-refractivity contribution < 1.29 is 19.4 Å². The predicted molar refractivity (Wildman–Crippen MR) is 69.0 cm³/mol. The van der Waals surface area contributed by atoms with E-state index in [-0.39, 0.29) is 23.5 Å². The molecule has 6 nitrogen and oxygen atoms in total. The number of aromatic hydroxyl groups is 1. The highest BCUT2D eigenvalue weighted by Gasteiger charge is 2.24. The third-order valence-corrected chi connectivity index (χ3v) is 3.08. The maximum absolute atomic E-state index is 12.0. The quantitative estimate of drug-likeness (QED) is 0.755. The fourth-order valence-corrected chi connectivity index (χ4v) is 1.97. The summed E-state index contributed by atoms with van der Waals surface area (Å²) in [5.41, 5.74) is 0.500. The first-order valence-electron chi connectivity index (χ1n) is 6.04. The number of ether oxygens (including phenoxy) is 1. The normalized spacial score (nSPS) is 18.6. The van der Waals surface area contributed by atoms with E-state index in [9.17, 15) is 14.7 Å². The van der Waals surface area contributed by atoms with Crippen molar-refractivity contribution in [3.05, 3.63) is 18.2 Å². The van der Waals surface area contributed by atoms with E-state index in [2.05, 4.69) is 10.6 Å². The molecule has 0 bridgehead atoms. The van der Waals surface area contributed by atoms with Crippen molar-refractivity contribution in [2.45, 2.75) is 12.8 Å². The summed E-state index contributed by atoms with van der Waals surface area (Å²) in [5, 5.41) is 15.0. The first-order chi connectivity index (χ1) is 9.10. The molecule has 0 aromatic heterocycles. The van der Waals surface area contributed by atoms with Crippen molar-refractivity contribution in [3.8, 4) is 11.5 Å². The number of phenolic OH excluding ortho intramolecular Hbond substituents is 1. The van der Waals surface area contributed by atoms with E-state index in [1.807, 2.05) is 0 Å². The van der Waals surface area contributed by atoms with Crippen LogP contribution in [0, 0.1) is 5.92 Å². The van der Waals surface area contributed by atoms with Crippen LogP contribution in [0.15, 0.2) is 18.2 Å². The molecule has 0 saturated carbocycles. The van der Waals surface area contributed by atoms with Gasteiger partial charge < -0.3 is 20.5 Å². The van der Waals surface area contributed by atoms with Gasteiger partial charge in [0.1, 0.15) is 0 Å². The van der Waals surface area contributed by atoms with Crippen LogP contribution in [0.25, 0.3) is 0 Å². The van der Waals surface area contributed by atoms with Gasteiger partial charge in [-0.15, -0.1) is 0 Å². The van der Waals surface area contributed by atoms with E-state index >= 15 is 0 Å². The molecule has 1 aliphatic heterocycles. The van der Waals surface area contributed by atoms with Crippen LogP contribution in [-0.4, -0.2) is 30.6 Å². The Balaban J connectivity index is 1.99. The number of methoxy groups -OCH3 is 1. The summed E-state index contributed by atoms with van der Waals surface area (Å²) in [6, 6.07) is 4.66. The predicted octanol–water partition coefficient (Wildman–Crippen LogP) is 0.865. The molecule has 1 atom stereocenters. The number of carbonyl (C=O) groups excluding carboxylic acids is 2. The second kappa shape index (κ2) is 5.60. The molecular weight excluding hydrogens is 248 g/mol. The van der Waals surface area contributed by atoms with E-state index in [1.54, 1.807) is 12.1 Å². The first kappa shape index (κ1) is 13.2. The summed E-state index contributed by atoms with van der Waals surface area (Å²) in [6.45, 7) is 0.354. The Morgan fingerprint density at radius 1 is 1.53 bits per heavy atom. The van der Waals surface area contributed by atoms with Gasteiger partial charge in [0.2, 0.25) is 11.8 Å². The number of rotatable bonds is 3. The number of piperidine rings is 1. The number of phenols is 1. The Bertz CT molecular complexity index is 491. The molecule has 1 heterocycles. The number of carbonyl (C=O) groups is 2. The zero-order chi connectivity index (χ0) is 13.8. The van der Waals surface area contributed by atoms with Crippen molar-refractivity contribution >= 4 is 17.5 Å². The lowest BCUT2D eigenvalue weighted by atomic mass is 9.98. The molecule has 3 N–H and O–H groups in total. The standard InChI is InChI=1S/C13H16N2O4/c1-19-11-4-3-9(6-10(11)16)15-13(18)8-2-5-12(17)14-7-8/h3-4,6,8,16H,2,5,7H2,1H3,(H,14,17)(H,15,18). The van der Waals surface area contributed by atoms with Gasteiger partial charge in [-0.3, -0.25) is 9.59 Å². The summed E-state index contributed by atoms with van der Waals surface area (Å²) >= 11 is 0. The van der Waals surface area contributed by atoms with Gasteiger partial charge in [0.15, 0.2) is 11.5 Å². The molecule has 102 valence electrons. The minimum atomic E-state index is -0.234. The molecule has 1 fully saturated rings. The minimum absolute atomic E-state index is 0.0221. The number of benzene rings is 1. The van der Waals surface area contributed by atoms with Crippen LogP contribution >= 0.6 is 0 Å². The molecule has 1 aliphatic rings. The summed E-state index contributed by atoms with van der Waals surface area (Å²) in [7, 11) is 1.46. The van der Waals surface area contributed by atoms with E-state index in [1.165, 1.54) is 13.2 Å². The van der Waals surface area contributed by atoms with Gasteiger partial charge >= 0.3 is 0 Å². The van der Waals surface area contributed by atoms with Crippen molar-refractivity contribution in [1.29, 1.82) is 0 Å². The smallest absolute Gasteiger partial charge is 0.229 e. The highest BCUT2D eigenvalue weighted by molar-refractivity contribution is 5.94. The SMILES string of the molecule is COc1ccc(NC(=O)C2CCC(=O)NC2)cc1O. The lowest BCUT2D eigenvalue weighted by Gasteiger charge is -2.21. The van der Waals surface area contributed by atoms with Gasteiger partial charge in [-0.05, 0) is 18.6 Å². The van der Waals surface area contributed by atoms with Crippen molar-refractivity contribution in [2.24, 2.45) is 5.92 Å². The Hall–Kier alpha value is -2.24. The zero-order valence-corrected chi connectivity index (χ0v) is 10.6. The number of hydrogen-bond donors (Lipinski definition) is 3. The molecule has 1 aromatic rings. The largest absolute Gasteiger partial charge is 0.504 e. The third kappa shape index (κ3) is 3.15. The maximum Gasteiger partial charge on any atom is 0.229 e. The van der Waals surface area contributed by atoms with Gasteiger partial charge in [0.05, 0.1) is 13.0 Å². The summed E-state index contributed by atoms with van der Waals surface area (Å²) < 4.78 is 4.92. The van der Waals surface area contributed by atoms with E-state index < -0.39 is 0 Å². The highest BCUT2D eigenvalue weighted by Crippen LogP contribution is 2.28. The van der Waals surface area contributed by atoms with Crippen LogP contribution in [0.4, 0.5) is 5.69 Å². The van der Waals surface area contributed by atoms with Gasteiger partial charge in [-0.2, -0.15) is 0 Å². The second-order valence-electron chi connectivity index (χ2n) is 4.42. The Morgan fingerprint density at radius 3 is 2.89 bits per heavy atom. The van der Waals surface area contributed by atoms with Gasteiger partial charge in [-0.25, -0.2) is 0 Å². The average molecular weight is 264 g/mol. The monoisotopic (exact) mass is 264 g/mol. The number of nitrogens with one attached hydrogen (secondary N) is 2. The van der Waals surface area contributed by atoms with E-state index in [0.29, 0.717) is 30.8 Å². The Kier molecular flexibility index (Phi) is 3.89. The first-order valence-corrected chi connectivity index (χ1v) is 6.04. The number of anilines is 1. The van der Waals surface area contributed by atoms with Gasteiger partial charge in [0.25, 0.3) is 0 Å². The molecule has 0 spiro atoms. The van der Waals surface area contributed by atoms with Crippen molar-refractivity contribution in [3.63, 3.8) is 0 Å². The average Bonchev–Trinajstić information content (AvgIpc) is 2.39. The topological polar surface area (TPSA) is 87.7 Å². The Morgan fingerprint density at radius 2 is 2.32 bits per heavy atom. The molecule has 0 radical (unpaired) electrons. The van der Waals surface area contributed by atoms with Crippen LogP contribution in [-0.2, 0) is 9.59 Å². The molecule has 1 saturated heterocycles.